The smallest absolute Gasteiger partial charge is 0.235 e. The molecule has 1 aromatic heterocycles. The molecule has 104 valence electrons. The van der Waals surface area contributed by atoms with Gasteiger partial charge in [-0.25, -0.2) is 4.98 Å². The number of hydrogen-bond acceptors (Lipinski definition) is 2. The first-order valence-corrected chi connectivity index (χ1v) is 6.84. The van der Waals surface area contributed by atoms with Crippen LogP contribution in [-0.2, 0) is 10.2 Å². The third kappa shape index (κ3) is 3.30. The Hall–Kier alpha value is -1.58. The van der Waals surface area contributed by atoms with E-state index < -0.39 is 5.41 Å². The molecule has 0 aliphatic heterocycles. The van der Waals surface area contributed by atoms with Crippen molar-refractivity contribution in [1.82, 2.24) is 4.98 Å². The van der Waals surface area contributed by atoms with Gasteiger partial charge in [0.05, 0.1) is 10.4 Å². The van der Waals surface area contributed by atoms with Crippen LogP contribution in [0.1, 0.15) is 19.4 Å². The Morgan fingerprint density at radius 3 is 2.20 bits per heavy atom. The Morgan fingerprint density at radius 1 is 1.05 bits per heavy atom. The maximum absolute atomic E-state index is 12.4. The Balaban J connectivity index is 2.18. The standard InChI is InChI=1S/C15H14Cl2N2O/c1-15(2,10-3-5-11(16)6-4-10)14(20)19-13-8-7-12(17)9-18-13/h3-9H,1-2H3,(H,18,19,20). The van der Waals surface area contributed by atoms with E-state index >= 15 is 0 Å². The summed E-state index contributed by atoms with van der Waals surface area (Å²) in [6, 6.07) is 10.6. The number of halogens is 2. The highest BCUT2D eigenvalue weighted by atomic mass is 35.5. The highest BCUT2D eigenvalue weighted by Gasteiger charge is 2.29. The third-order valence-electron chi connectivity index (χ3n) is 3.10. The average molecular weight is 309 g/mol. The van der Waals surface area contributed by atoms with Crippen molar-refractivity contribution in [2.45, 2.75) is 19.3 Å². The molecule has 1 heterocycles. The Morgan fingerprint density at radius 2 is 1.65 bits per heavy atom. The summed E-state index contributed by atoms with van der Waals surface area (Å²) in [6.45, 7) is 3.70. The zero-order valence-corrected chi connectivity index (χ0v) is 12.7. The molecule has 0 fully saturated rings. The van der Waals surface area contributed by atoms with Crippen molar-refractivity contribution in [1.29, 1.82) is 0 Å². The Bertz CT molecular complexity index is 607. The van der Waals surface area contributed by atoms with Crippen molar-refractivity contribution in [3.05, 3.63) is 58.2 Å². The summed E-state index contributed by atoms with van der Waals surface area (Å²) in [6.07, 6.45) is 1.49. The van der Waals surface area contributed by atoms with Gasteiger partial charge < -0.3 is 5.32 Å². The molecule has 0 saturated carbocycles. The van der Waals surface area contributed by atoms with Gasteiger partial charge in [0.25, 0.3) is 0 Å². The van der Waals surface area contributed by atoms with E-state index in [0.717, 1.165) is 5.56 Å². The van der Waals surface area contributed by atoms with Crippen molar-refractivity contribution in [3.63, 3.8) is 0 Å². The predicted octanol–water partition coefficient (Wildman–Crippen LogP) is 4.30. The first-order valence-electron chi connectivity index (χ1n) is 6.08. The second-order valence-electron chi connectivity index (χ2n) is 4.95. The van der Waals surface area contributed by atoms with E-state index in [4.69, 9.17) is 23.2 Å². The molecule has 1 amide bonds. The normalized spacial score (nSPS) is 11.2. The maximum Gasteiger partial charge on any atom is 0.235 e. The lowest BCUT2D eigenvalue weighted by atomic mass is 9.84. The highest BCUT2D eigenvalue weighted by molar-refractivity contribution is 6.30. The maximum atomic E-state index is 12.4. The first-order chi connectivity index (χ1) is 9.39. The molecule has 20 heavy (non-hydrogen) atoms. The summed E-state index contributed by atoms with van der Waals surface area (Å²) in [5.74, 6) is 0.330. The minimum absolute atomic E-state index is 0.144. The largest absolute Gasteiger partial charge is 0.310 e. The van der Waals surface area contributed by atoms with Crippen LogP contribution in [0.4, 0.5) is 5.82 Å². The minimum atomic E-state index is -0.689. The van der Waals surface area contributed by atoms with Crippen LogP contribution in [0.15, 0.2) is 42.6 Å². The van der Waals surface area contributed by atoms with Gasteiger partial charge in [-0.3, -0.25) is 4.79 Å². The summed E-state index contributed by atoms with van der Waals surface area (Å²) >= 11 is 11.6. The fourth-order valence-electron chi connectivity index (χ4n) is 1.72. The topological polar surface area (TPSA) is 42.0 Å². The van der Waals surface area contributed by atoms with Gasteiger partial charge in [0.1, 0.15) is 5.82 Å². The molecule has 5 heteroatoms. The van der Waals surface area contributed by atoms with E-state index in [-0.39, 0.29) is 5.91 Å². The summed E-state index contributed by atoms with van der Waals surface area (Å²) in [4.78, 5) is 16.4. The monoisotopic (exact) mass is 308 g/mol. The lowest BCUT2D eigenvalue weighted by Gasteiger charge is -2.24. The van der Waals surface area contributed by atoms with Crippen LogP contribution in [-0.4, -0.2) is 10.9 Å². The van der Waals surface area contributed by atoms with E-state index in [1.165, 1.54) is 6.20 Å². The van der Waals surface area contributed by atoms with Crippen LogP contribution >= 0.6 is 23.2 Å². The lowest BCUT2D eigenvalue weighted by molar-refractivity contribution is -0.120. The molecule has 2 aromatic rings. The fourth-order valence-corrected chi connectivity index (χ4v) is 1.96. The number of hydrogen-bond donors (Lipinski definition) is 1. The van der Waals surface area contributed by atoms with Gasteiger partial charge in [-0.05, 0) is 43.7 Å². The van der Waals surface area contributed by atoms with E-state index in [1.807, 2.05) is 26.0 Å². The Labute approximate surface area is 127 Å². The summed E-state index contributed by atoms with van der Waals surface area (Å²) < 4.78 is 0. The number of nitrogens with zero attached hydrogens (tertiary/aromatic N) is 1. The third-order valence-corrected chi connectivity index (χ3v) is 3.58. The van der Waals surface area contributed by atoms with Crippen molar-refractivity contribution in [2.75, 3.05) is 5.32 Å². The van der Waals surface area contributed by atoms with E-state index in [2.05, 4.69) is 10.3 Å². The van der Waals surface area contributed by atoms with Crippen molar-refractivity contribution >= 4 is 34.9 Å². The van der Waals surface area contributed by atoms with Gasteiger partial charge in [0.2, 0.25) is 5.91 Å². The molecule has 0 spiro atoms. The molecule has 0 bridgehead atoms. The van der Waals surface area contributed by atoms with Gasteiger partial charge in [-0.2, -0.15) is 0 Å². The Kier molecular flexibility index (Phi) is 4.31. The van der Waals surface area contributed by atoms with Crippen LogP contribution in [0.25, 0.3) is 0 Å². The van der Waals surface area contributed by atoms with Crippen LogP contribution in [0, 0.1) is 0 Å². The molecule has 1 aromatic carbocycles. The van der Waals surface area contributed by atoms with Crippen LogP contribution in [0.5, 0.6) is 0 Å². The number of rotatable bonds is 3. The van der Waals surface area contributed by atoms with E-state index in [1.54, 1.807) is 24.3 Å². The minimum Gasteiger partial charge on any atom is -0.310 e. The molecule has 1 N–H and O–H groups in total. The molecule has 0 aliphatic carbocycles. The zero-order valence-electron chi connectivity index (χ0n) is 11.2. The van der Waals surface area contributed by atoms with Crippen LogP contribution in [0.3, 0.4) is 0 Å². The molecule has 2 rings (SSSR count). The molecule has 0 radical (unpaired) electrons. The number of carbonyl (C=O) groups excluding carboxylic acids is 1. The lowest BCUT2D eigenvalue weighted by Crippen LogP contribution is -2.34. The number of aromatic nitrogens is 1. The van der Waals surface area contributed by atoms with Gasteiger partial charge in [0, 0.05) is 11.2 Å². The number of benzene rings is 1. The van der Waals surface area contributed by atoms with Crippen LogP contribution < -0.4 is 5.32 Å². The van der Waals surface area contributed by atoms with Gasteiger partial charge in [0.15, 0.2) is 0 Å². The molecule has 3 nitrogen and oxygen atoms in total. The summed E-state index contributed by atoms with van der Waals surface area (Å²) in [5, 5.41) is 3.95. The second-order valence-corrected chi connectivity index (χ2v) is 5.82. The van der Waals surface area contributed by atoms with E-state index in [9.17, 15) is 4.79 Å². The zero-order chi connectivity index (χ0) is 14.8. The van der Waals surface area contributed by atoms with Gasteiger partial charge in [-0.1, -0.05) is 35.3 Å². The number of carbonyl (C=O) groups is 1. The van der Waals surface area contributed by atoms with Crippen molar-refractivity contribution in [3.8, 4) is 0 Å². The molecule has 0 unspecified atom stereocenters. The molecular formula is C15H14Cl2N2O. The molecule has 0 atom stereocenters. The van der Waals surface area contributed by atoms with Crippen LogP contribution in [0.2, 0.25) is 10.0 Å². The fraction of sp³-hybridized carbons (Fsp3) is 0.200. The number of pyridine rings is 1. The van der Waals surface area contributed by atoms with Crippen molar-refractivity contribution < 1.29 is 4.79 Å². The number of amides is 1. The highest BCUT2D eigenvalue weighted by Crippen LogP contribution is 2.26. The first kappa shape index (κ1) is 14.8. The predicted molar refractivity (Wildman–Crippen MR) is 82.4 cm³/mol. The van der Waals surface area contributed by atoms with Gasteiger partial charge in [-0.15, -0.1) is 0 Å². The second kappa shape index (κ2) is 5.81. The molecular weight excluding hydrogens is 295 g/mol. The SMILES string of the molecule is CC(C)(C(=O)Nc1ccc(Cl)cn1)c1ccc(Cl)cc1. The van der Waals surface area contributed by atoms with Crippen molar-refractivity contribution in [2.24, 2.45) is 0 Å². The number of nitrogens with one attached hydrogen (secondary N) is 1. The summed E-state index contributed by atoms with van der Waals surface area (Å²) in [7, 11) is 0. The van der Waals surface area contributed by atoms with Gasteiger partial charge >= 0.3 is 0 Å². The number of anilines is 1. The van der Waals surface area contributed by atoms with E-state index in [0.29, 0.717) is 15.9 Å². The summed E-state index contributed by atoms with van der Waals surface area (Å²) in [5.41, 5.74) is 0.194. The average Bonchev–Trinajstić information content (AvgIpc) is 2.42. The molecule has 0 aliphatic rings. The molecule has 0 saturated heterocycles. The quantitative estimate of drug-likeness (QED) is 0.918.